The fourth-order valence-corrected chi connectivity index (χ4v) is 3.81. The monoisotopic (exact) mass is 433 g/mol. The van der Waals surface area contributed by atoms with Crippen LogP contribution in [0.5, 0.6) is 0 Å². The zero-order valence-corrected chi connectivity index (χ0v) is 16.8. The molecule has 2 fully saturated rings. The lowest BCUT2D eigenvalue weighted by atomic mass is 10.1. The van der Waals surface area contributed by atoms with Crippen molar-refractivity contribution in [2.24, 2.45) is 0 Å². The maximum Gasteiger partial charge on any atom is 0.330 e. The number of nitrogens with one attached hydrogen (secondary N) is 1. The summed E-state index contributed by atoms with van der Waals surface area (Å²) in [5, 5.41) is 21.2. The lowest BCUT2D eigenvalue weighted by molar-refractivity contribution is -0.298. The van der Waals surface area contributed by atoms with E-state index in [9.17, 15) is 19.6 Å². The molecule has 12 nitrogen and oxygen atoms in total. The Bertz CT molecular complexity index is 1080. The Kier molecular flexibility index (Phi) is 5.64. The first-order chi connectivity index (χ1) is 14.7. The second-order valence-corrected chi connectivity index (χ2v) is 7.40. The van der Waals surface area contributed by atoms with Crippen LogP contribution in [0.15, 0.2) is 40.1 Å². The number of rotatable bonds is 4. The van der Waals surface area contributed by atoms with E-state index in [0.29, 0.717) is 17.5 Å². The maximum absolute atomic E-state index is 12.3. The number of hydroxylamine groups is 2. The van der Waals surface area contributed by atoms with E-state index in [0.717, 1.165) is 0 Å². The first kappa shape index (κ1) is 21.2. The van der Waals surface area contributed by atoms with Crippen molar-refractivity contribution >= 4 is 11.7 Å². The molecule has 4 unspecified atom stereocenters. The minimum atomic E-state index is -0.783. The third-order valence-corrected chi connectivity index (χ3v) is 5.27. The van der Waals surface area contributed by atoms with Gasteiger partial charge in [-0.15, -0.1) is 5.06 Å². The highest BCUT2D eigenvalue weighted by atomic mass is 16.8. The van der Waals surface area contributed by atoms with E-state index < -0.39 is 41.8 Å². The average molecular weight is 433 g/mol. The molecule has 0 radical (unpaired) electrons. The smallest absolute Gasteiger partial charge is 0.330 e. The van der Waals surface area contributed by atoms with Crippen LogP contribution in [0.1, 0.15) is 36.9 Å². The van der Waals surface area contributed by atoms with Crippen LogP contribution in [-0.2, 0) is 19.1 Å². The summed E-state index contributed by atoms with van der Waals surface area (Å²) in [6, 6.07) is 5.52. The van der Waals surface area contributed by atoms with E-state index in [2.05, 4.69) is 4.98 Å². The van der Waals surface area contributed by atoms with Gasteiger partial charge in [0.2, 0.25) is 0 Å². The van der Waals surface area contributed by atoms with Crippen molar-refractivity contribution in [1.82, 2.24) is 14.6 Å². The molecule has 1 aromatic heterocycles. The topological polar surface area (TPSA) is 149 Å². The molecule has 4 rings (SSSR count). The Morgan fingerprint density at radius 1 is 1.32 bits per heavy atom. The summed E-state index contributed by atoms with van der Waals surface area (Å²) in [6.07, 6.45) is -0.237. The molecule has 4 atom stereocenters. The third kappa shape index (κ3) is 4.11. The highest BCUT2D eigenvalue weighted by Crippen LogP contribution is 2.40. The second-order valence-electron chi connectivity index (χ2n) is 7.40. The van der Waals surface area contributed by atoms with Crippen LogP contribution in [0.2, 0.25) is 0 Å². The molecular formula is C19H21N4O8-. The fourth-order valence-electron chi connectivity index (χ4n) is 3.81. The molecule has 2 aliphatic rings. The summed E-state index contributed by atoms with van der Waals surface area (Å²) in [5.74, 6) is -0.563. The van der Waals surface area contributed by atoms with Crippen molar-refractivity contribution in [3.05, 3.63) is 67.6 Å². The zero-order valence-electron chi connectivity index (χ0n) is 16.8. The lowest BCUT2D eigenvalue weighted by Gasteiger charge is -2.40. The number of fused-ring (bicyclic) bond motifs is 1. The molecule has 1 aromatic carbocycles. The van der Waals surface area contributed by atoms with Gasteiger partial charge in [0, 0.05) is 25.1 Å². The van der Waals surface area contributed by atoms with Gasteiger partial charge in [-0.05, 0) is 24.6 Å². The van der Waals surface area contributed by atoms with Gasteiger partial charge in [0.05, 0.1) is 18.3 Å². The van der Waals surface area contributed by atoms with Gasteiger partial charge in [-0.25, -0.2) is 4.79 Å². The van der Waals surface area contributed by atoms with E-state index in [-0.39, 0.29) is 17.5 Å². The van der Waals surface area contributed by atoms with Crippen LogP contribution < -0.4 is 16.5 Å². The minimum Gasteiger partial charge on any atom is -0.733 e. The van der Waals surface area contributed by atoms with Gasteiger partial charge in [-0.3, -0.25) is 24.3 Å². The molecule has 2 saturated heterocycles. The van der Waals surface area contributed by atoms with Crippen molar-refractivity contribution in [2.45, 2.75) is 44.9 Å². The number of carbonyl (C=O) groups excluding carboxylic acids is 1. The van der Waals surface area contributed by atoms with Gasteiger partial charge in [0.1, 0.15) is 12.3 Å². The van der Waals surface area contributed by atoms with Gasteiger partial charge in [0.25, 0.3) is 5.56 Å². The van der Waals surface area contributed by atoms with Gasteiger partial charge >= 0.3 is 11.7 Å². The van der Waals surface area contributed by atoms with E-state index in [1.807, 2.05) is 0 Å². The molecule has 0 spiro atoms. The highest BCUT2D eigenvalue weighted by molar-refractivity contribution is 5.65. The second kappa shape index (κ2) is 8.24. The van der Waals surface area contributed by atoms with Gasteiger partial charge < -0.3 is 24.7 Å². The molecule has 2 aliphatic heterocycles. The van der Waals surface area contributed by atoms with Gasteiger partial charge in [-0.1, -0.05) is 12.1 Å². The summed E-state index contributed by atoms with van der Waals surface area (Å²) >= 11 is 0. The number of hydrogen-bond acceptors (Lipinski definition) is 10. The summed E-state index contributed by atoms with van der Waals surface area (Å²) < 4.78 is 13.1. The molecule has 3 heterocycles. The fraction of sp³-hybridized carbons (Fsp3) is 0.421. The SMILES string of the molecule is CC(=O)ON1C(c2ccc(N([O-])O)cc2)OCC2OC(n3cc(C)c(=O)[nH]c3=O)CC21. The van der Waals surface area contributed by atoms with Gasteiger partial charge in [-0.2, -0.15) is 0 Å². The predicted molar refractivity (Wildman–Crippen MR) is 105 cm³/mol. The zero-order chi connectivity index (χ0) is 22.3. The summed E-state index contributed by atoms with van der Waals surface area (Å²) in [4.78, 5) is 43.4. The molecule has 31 heavy (non-hydrogen) atoms. The number of aromatic nitrogens is 2. The molecule has 2 N–H and O–H groups in total. The number of anilines is 1. The third-order valence-electron chi connectivity index (χ3n) is 5.27. The number of benzene rings is 1. The molecule has 166 valence electrons. The van der Waals surface area contributed by atoms with Crippen molar-refractivity contribution in [1.29, 1.82) is 0 Å². The average Bonchev–Trinajstić information content (AvgIpc) is 3.15. The number of H-pyrrole nitrogens is 1. The van der Waals surface area contributed by atoms with E-state index in [1.165, 1.54) is 34.9 Å². The van der Waals surface area contributed by atoms with Crippen molar-refractivity contribution in [3.8, 4) is 0 Å². The van der Waals surface area contributed by atoms with Crippen LogP contribution in [0.3, 0.4) is 0 Å². The Morgan fingerprint density at radius 3 is 2.68 bits per heavy atom. The standard InChI is InChI=1S/C19H21N4O8/c1-10-8-21(19(26)20-17(10)25)16-7-14-15(30-16)9-29-18(22(14)31-11(2)24)12-3-5-13(6-4-12)23(27)28/h3-6,8,14-16,18,27H,7,9H2,1-2H3,(H,20,25,26)/q-1. The van der Waals surface area contributed by atoms with E-state index >= 15 is 0 Å². The van der Waals surface area contributed by atoms with E-state index in [1.54, 1.807) is 19.1 Å². The predicted octanol–water partition coefficient (Wildman–Crippen LogP) is 0.704. The maximum atomic E-state index is 12.3. The van der Waals surface area contributed by atoms with Crippen LogP contribution in [0.4, 0.5) is 5.69 Å². The Morgan fingerprint density at radius 2 is 2.03 bits per heavy atom. The lowest BCUT2D eigenvalue weighted by Crippen LogP contribution is -2.51. The quantitative estimate of drug-likeness (QED) is 0.660. The minimum absolute atomic E-state index is 0.0357. The first-order valence-corrected chi connectivity index (χ1v) is 9.56. The molecular weight excluding hydrogens is 412 g/mol. The largest absolute Gasteiger partial charge is 0.733 e. The van der Waals surface area contributed by atoms with Crippen LogP contribution in [0, 0.1) is 12.1 Å². The van der Waals surface area contributed by atoms with Crippen LogP contribution in [0.25, 0.3) is 0 Å². The molecule has 2 aromatic rings. The number of carbonyl (C=O) groups is 1. The molecule has 0 saturated carbocycles. The molecule has 0 amide bonds. The summed E-state index contributed by atoms with van der Waals surface area (Å²) in [6.45, 7) is 3.00. The first-order valence-electron chi connectivity index (χ1n) is 9.56. The number of nitrogens with zero attached hydrogens (tertiary/aromatic N) is 3. The summed E-state index contributed by atoms with van der Waals surface area (Å²) in [5.41, 5.74) is -0.0816. The van der Waals surface area contributed by atoms with Crippen molar-refractivity contribution < 1.29 is 24.3 Å². The Labute approximate surface area is 175 Å². The number of ether oxygens (including phenoxy) is 2. The van der Waals surface area contributed by atoms with Crippen molar-refractivity contribution in [3.63, 3.8) is 0 Å². The summed E-state index contributed by atoms with van der Waals surface area (Å²) in [7, 11) is 0. The highest BCUT2D eigenvalue weighted by Gasteiger charge is 2.48. The van der Waals surface area contributed by atoms with E-state index in [4.69, 9.17) is 19.5 Å². The Balaban J connectivity index is 1.62. The number of aromatic amines is 1. The molecule has 0 aliphatic carbocycles. The molecule has 12 heteroatoms. The normalized spacial score (nSPS) is 25.8. The number of hydrogen-bond donors (Lipinski definition) is 2. The van der Waals surface area contributed by atoms with Crippen molar-refractivity contribution in [2.75, 3.05) is 11.8 Å². The van der Waals surface area contributed by atoms with Gasteiger partial charge in [0.15, 0.2) is 6.23 Å². The van der Waals surface area contributed by atoms with Crippen LogP contribution >= 0.6 is 0 Å². The van der Waals surface area contributed by atoms with Crippen LogP contribution in [-0.4, -0.2) is 44.5 Å². The number of aryl methyl sites for hydroxylation is 1. The Hall–Kier alpha value is -3.03. The molecule has 0 bridgehead atoms.